The zero-order chi connectivity index (χ0) is 22.6. The van der Waals surface area contributed by atoms with Crippen molar-refractivity contribution in [2.45, 2.75) is 123 Å². The van der Waals surface area contributed by atoms with Crippen LogP contribution in [-0.2, 0) is 11.2 Å². The Hall–Kier alpha value is -1.31. The van der Waals surface area contributed by atoms with Gasteiger partial charge < -0.3 is 4.74 Å². The van der Waals surface area contributed by atoms with Gasteiger partial charge in [-0.2, -0.15) is 0 Å². The van der Waals surface area contributed by atoms with Crippen LogP contribution in [0.4, 0.5) is 0 Å². The standard InChI is InChI=1S/C30H48O2/c1-3-5-6-7-9-24-12-18-27(19-13-24)28-20-14-25(15-21-28)10-11-26-16-22-29(23-17-26)32-30(31)8-4-2/h16-17,22-25,27-28H,3-15,18-21H2,1-2H3/t24-,25-,27-,28-. The highest BCUT2D eigenvalue weighted by Crippen LogP contribution is 2.43. The number of benzene rings is 1. The van der Waals surface area contributed by atoms with E-state index in [0.717, 1.165) is 36.5 Å². The van der Waals surface area contributed by atoms with Gasteiger partial charge in [0.2, 0.25) is 0 Å². The summed E-state index contributed by atoms with van der Waals surface area (Å²) >= 11 is 0. The molecule has 0 N–H and O–H groups in total. The van der Waals surface area contributed by atoms with Gasteiger partial charge in [0.1, 0.15) is 5.75 Å². The maximum atomic E-state index is 11.6. The molecule has 0 bridgehead atoms. The Kier molecular flexibility index (Phi) is 11.1. The molecule has 3 rings (SSSR count). The number of aryl methyl sites for hydroxylation is 1. The van der Waals surface area contributed by atoms with E-state index in [9.17, 15) is 4.79 Å². The lowest BCUT2D eigenvalue weighted by molar-refractivity contribution is -0.134. The summed E-state index contributed by atoms with van der Waals surface area (Å²) in [6.07, 6.45) is 22.9. The number of carbonyl (C=O) groups excluding carboxylic acids is 1. The highest BCUT2D eigenvalue weighted by molar-refractivity contribution is 5.72. The molecular weight excluding hydrogens is 392 g/mol. The van der Waals surface area contributed by atoms with Crippen LogP contribution in [0.5, 0.6) is 5.75 Å². The quantitative estimate of drug-likeness (QED) is 0.184. The summed E-state index contributed by atoms with van der Waals surface area (Å²) in [4.78, 5) is 11.6. The van der Waals surface area contributed by atoms with E-state index in [1.807, 2.05) is 19.1 Å². The lowest BCUT2D eigenvalue weighted by atomic mass is 9.68. The number of ether oxygens (including phenoxy) is 1. The molecule has 0 heterocycles. The average Bonchev–Trinajstić information content (AvgIpc) is 2.82. The maximum absolute atomic E-state index is 11.6. The molecule has 2 fully saturated rings. The third-order valence-corrected chi connectivity index (χ3v) is 8.37. The van der Waals surface area contributed by atoms with Crippen molar-refractivity contribution >= 4 is 5.97 Å². The molecule has 2 heteroatoms. The SMILES string of the molecule is CCCCCC[C@H]1CC[C@H]([C@H]2CC[C@H](CCc3ccc(OC(=O)CCC)cc3)CC2)CC1. The van der Waals surface area contributed by atoms with Gasteiger partial charge in [-0.15, -0.1) is 0 Å². The van der Waals surface area contributed by atoms with Gasteiger partial charge in [-0.3, -0.25) is 4.79 Å². The van der Waals surface area contributed by atoms with Crippen molar-refractivity contribution in [3.05, 3.63) is 29.8 Å². The number of esters is 1. The van der Waals surface area contributed by atoms with Crippen LogP contribution in [0.15, 0.2) is 24.3 Å². The van der Waals surface area contributed by atoms with Gasteiger partial charge in [-0.25, -0.2) is 0 Å². The number of hydrogen-bond donors (Lipinski definition) is 0. The Bertz CT molecular complexity index is 633. The van der Waals surface area contributed by atoms with E-state index in [-0.39, 0.29) is 5.97 Å². The Balaban J connectivity index is 1.30. The lowest BCUT2D eigenvalue weighted by Crippen LogP contribution is -2.26. The van der Waals surface area contributed by atoms with E-state index in [4.69, 9.17) is 4.74 Å². The van der Waals surface area contributed by atoms with Crippen molar-refractivity contribution in [2.24, 2.45) is 23.7 Å². The summed E-state index contributed by atoms with van der Waals surface area (Å²) < 4.78 is 5.37. The van der Waals surface area contributed by atoms with E-state index < -0.39 is 0 Å². The predicted octanol–water partition coefficient (Wildman–Crippen LogP) is 8.91. The van der Waals surface area contributed by atoms with Gasteiger partial charge in [0.05, 0.1) is 0 Å². The number of rotatable bonds is 12. The third-order valence-electron chi connectivity index (χ3n) is 8.37. The van der Waals surface area contributed by atoms with Crippen molar-refractivity contribution in [3.63, 3.8) is 0 Å². The Labute approximate surface area is 197 Å². The van der Waals surface area contributed by atoms with E-state index in [0.29, 0.717) is 12.2 Å². The van der Waals surface area contributed by atoms with Crippen molar-refractivity contribution in [2.75, 3.05) is 0 Å². The topological polar surface area (TPSA) is 26.3 Å². The number of carbonyl (C=O) groups is 1. The van der Waals surface area contributed by atoms with Crippen LogP contribution in [0.2, 0.25) is 0 Å². The first kappa shape index (κ1) is 25.3. The highest BCUT2D eigenvalue weighted by Gasteiger charge is 2.30. The second-order valence-corrected chi connectivity index (χ2v) is 10.8. The molecular formula is C30H48O2. The summed E-state index contributed by atoms with van der Waals surface area (Å²) in [5, 5.41) is 0. The van der Waals surface area contributed by atoms with Crippen LogP contribution in [0.1, 0.15) is 122 Å². The minimum absolute atomic E-state index is 0.127. The Morgan fingerprint density at radius 2 is 1.34 bits per heavy atom. The van der Waals surface area contributed by atoms with Gasteiger partial charge in [0.15, 0.2) is 0 Å². The Morgan fingerprint density at radius 3 is 1.91 bits per heavy atom. The van der Waals surface area contributed by atoms with E-state index >= 15 is 0 Å². The zero-order valence-corrected chi connectivity index (χ0v) is 21.0. The van der Waals surface area contributed by atoms with Crippen LogP contribution in [0.3, 0.4) is 0 Å². The van der Waals surface area contributed by atoms with Gasteiger partial charge >= 0.3 is 5.97 Å². The van der Waals surface area contributed by atoms with Gasteiger partial charge in [0, 0.05) is 6.42 Å². The highest BCUT2D eigenvalue weighted by atomic mass is 16.5. The third kappa shape index (κ3) is 8.56. The predicted molar refractivity (Wildman–Crippen MR) is 135 cm³/mol. The molecule has 180 valence electrons. The second kappa shape index (κ2) is 14.1. The summed E-state index contributed by atoms with van der Waals surface area (Å²) in [6, 6.07) is 8.20. The monoisotopic (exact) mass is 440 g/mol. The normalized spacial score (nSPS) is 26.1. The molecule has 2 aliphatic rings. The first-order valence-electron chi connectivity index (χ1n) is 14.0. The summed E-state index contributed by atoms with van der Waals surface area (Å²) in [6.45, 7) is 4.31. The molecule has 0 amide bonds. The number of hydrogen-bond acceptors (Lipinski definition) is 2. The summed E-state index contributed by atoms with van der Waals surface area (Å²) in [7, 11) is 0. The molecule has 0 aliphatic heterocycles. The summed E-state index contributed by atoms with van der Waals surface area (Å²) in [5.41, 5.74) is 1.37. The second-order valence-electron chi connectivity index (χ2n) is 10.8. The first-order chi connectivity index (χ1) is 15.7. The van der Waals surface area contributed by atoms with Crippen LogP contribution in [0, 0.1) is 23.7 Å². The molecule has 0 spiro atoms. The molecule has 0 aromatic heterocycles. The minimum atomic E-state index is -0.127. The van der Waals surface area contributed by atoms with Gasteiger partial charge in [-0.05, 0) is 86.3 Å². The van der Waals surface area contributed by atoms with Gasteiger partial charge in [-0.1, -0.05) is 83.8 Å². The molecule has 32 heavy (non-hydrogen) atoms. The largest absolute Gasteiger partial charge is 0.427 e. The fraction of sp³-hybridized carbons (Fsp3) is 0.767. The average molecular weight is 441 g/mol. The molecule has 1 aromatic carbocycles. The Morgan fingerprint density at radius 1 is 0.750 bits per heavy atom. The van der Waals surface area contributed by atoms with Crippen molar-refractivity contribution < 1.29 is 9.53 Å². The number of unbranched alkanes of at least 4 members (excludes halogenated alkanes) is 3. The molecule has 1 aromatic rings. The lowest BCUT2D eigenvalue weighted by Gasteiger charge is -2.38. The fourth-order valence-corrected chi connectivity index (χ4v) is 6.24. The molecule has 2 aliphatic carbocycles. The van der Waals surface area contributed by atoms with Crippen LogP contribution < -0.4 is 4.74 Å². The minimum Gasteiger partial charge on any atom is -0.427 e. The van der Waals surface area contributed by atoms with Crippen molar-refractivity contribution in [1.82, 2.24) is 0 Å². The van der Waals surface area contributed by atoms with Crippen LogP contribution in [-0.4, -0.2) is 5.97 Å². The zero-order valence-electron chi connectivity index (χ0n) is 21.0. The van der Waals surface area contributed by atoms with E-state index in [1.165, 1.54) is 95.5 Å². The maximum Gasteiger partial charge on any atom is 0.311 e. The van der Waals surface area contributed by atoms with Crippen LogP contribution in [0.25, 0.3) is 0 Å². The molecule has 2 saturated carbocycles. The van der Waals surface area contributed by atoms with Crippen molar-refractivity contribution in [3.8, 4) is 5.75 Å². The molecule has 0 radical (unpaired) electrons. The van der Waals surface area contributed by atoms with E-state index in [1.54, 1.807) is 0 Å². The van der Waals surface area contributed by atoms with Gasteiger partial charge in [0.25, 0.3) is 0 Å². The van der Waals surface area contributed by atoms with E-state index in [2.05, 4.69) is 19.1 Å². The molecule has 0 unspecified atom stereocenters. The van der Waals surface area contributed by atoms with Crippen molar-refractivity contribution in [1.29, 1.82) is 0 Å². The summed E-state index contributed by atoms with van der Waals surface area (Å²) in [5.74, 6) is 4.56. The fourth-order valence-electron chi connectivity index (χ4n) is 6.24. The molecule has 0 saturated heterocycles. The molecule has 2 nitrogen and oxygen atoms in total. The van der Waals surface area contributed by atoms with Crippen LogP contribution >= 0.6 is 0 Å². The molecule has 0 atom stereocenters. The smallest absolute Gasteiger partial charge is 0.311 e. The first-order valence-corrected chi connectivity index (χ1v) is 14.0.